The number of aromatic nitrogens is 1. The molecular weight excluding hydrogens is 517 g/mol. The fourth-order valence-corrected chi connectivity index (χ4v) is 8.26. The molecule has 2 unspecified atom stereocenters. The van der Waals surface area contributed by atoms with Gasteiger partial charge in [0.1, 0.15) is 0 Å². The number of nitrogens with zero attached hydrogens (tertiary/aromatic N) is 2. The third kappa shape index (κ3) is 4.14. The summed E-state index contributed by atoms with van der Waals surface area (Å²) in [4.78, 5) is 11.8. The van der Waals surface area contributed by atoms with Gasteiger partial charge in [-0.3, -0.25) is 9.11 Å². The molecule has 2 atom stereocenters. The molecular formula is C28H29F3N2O4S. The summed E-state index contributed by atoms with van der Waals surface area (Å²) in [6, 6.07) is 10.3. The van der Waals surface area contributed by atoms with Crippen molar-refractivity contribution in [2.75, 3.05) is 6.54 Å². The first-order valence-electron chi connectivity index (χ1n) is 12.8. The van der Waals surface area contributed by atoms with Crippen LogP contribution in [0.4, 0.5) is 13.2 Å². The van der Waals surface area contributed by atoms with Gasteiger partial charge in [-0.15, -0.1) is 10.8 Å². The van der Waals surface area contributed by atoms with E-state index in [-0.39, 0.29) is 16.7 Å². The summed E-state index contributed by atoms with van der Waals surface area (Å²) in [7, 11) is -3.71. The van der Waals surface area contributed by atoms with Crippen LogP contribution < -0.4 is 0 Å². The van der Waals surface area contributed by atoms with Crippen molar-refractivity contribution in [2.24, 2.45) is 5.92 Å². The second kappa shape index (κ2) is 8.87. The normalized spacial score (nSPS) is 23.9. The molecule has 1 fully saturated rings. The standard InChI is InChI=1S/C28H29F3N2O4S/c1-16-13-18-7-8-19(28(29,30)31)14-25(18)38(36,37)33(15-16)24-10-9-21-20(24)3-2-4-23(21)32-12-11-22(27(34)35)26(32)17-5-6-17/h2-4,7-8,11-12,14,16-17,24,36-37H,5-6,9-10,13,15H2,1H3,(H,34,35). The number of carboxylic acids is 1. The molecule has 1 saturated carbocycles. The Morgan fingerprint density at radius 2 is 1.84 bits per heavy atom. The summed E-state index contributed by atoms with van der Waals surface area (Å²) < 4.78 is 67.3. The van der Waals surface area contributed by atoms with Gasteiger partial charge >= 0.3 is 12.1 Å². The number of carboxylic acid groups (broad SMARTS) is 1. The van der Waals surface area contributed by atoms with E-state index in [2.05, 4.69) is 0 Å². The molecule has 2 aromatic carbocycles. The van der Waals surface area contributed by atoms with Gasteiger partial charge in [0.2, 0.25) is 0 Å². The van der Waals surface area contributed by atoms with E-state index in [9.17, 15) is 32.2 Å². The summed E-state index contributed by atoms with van der Waals surface area (Å²) in [6.45, 7) is 2.30. The third-order valence-electron chi connectivity index (χ3n) is 8.02. The number of carbonyl (C=O) groups is 1. The number of aromatic carboxylic acids is 1. The van der Waals surface area contributed by atoms with Gasteiger partial charge in [-0.1, -0.05) is 25.1 Å². The minimum absolute atomic E-state index is 0.00422. The number of alkyl halides is 3. The van der Waals surface area contributed by atoms with Gasteiger partial charge in [0.05, 0.1) is 22.1 Å². The summed E-state index contributed by atoms with van der Waals surface area (Å²) in [5, 5.41) is 9.72. The lowest BCUT2D eigenvalue weighted by atomic mass is 9.99. The van der Waals surface area contributed by atoms with Gasteiger partial charge in [-0.05, 0) is 79.0 Å². The second-order valence-electron chi connectivity index (χ2n) is 10.7. The van der Waals surface area contributed by atoms with Crippen LogP contribution in [0.2, 0.25) is 0 Å². The Balaban J connectivity index is 1.43. The van der Waals surface area contributed by atoms with Crippen LogP contribution in [0.15, 0.2) is 53.6 Å². The highest BCUT2D eigenvalue weighted by Gasteiger charge is 2.42. The molecule has 6 nitrogen and oxygen atoms in total. The van der Waals surface area contributed by atoms with Crippen LogP contribution in [-0.4, -0.2) is 35.6 Å². The first-order valence-corrected chi connectivity index (χ1v) is 14.3. The van der Waals surface area contributed by atoms with Crippen molar-refractivity contribution in [1.82, 2.24) is 8.87 Å². The van der Waals surface area contributed by atoms with Crippen LogP contribution in [0.3, 0.4) is 0 Å². The highest BCUT2D eigenvalue weighted by atomic mass is 32.3. The van der Waals surface area contributed by atoms with E-state index in [1.165, 1.54) is 6.07 Å². The molecule has 0 radical (unpaired) electrons. The smallest absolute Gasteiger partial charge is 0.416 e. The van der Waals surface area contributed by atoms with Gasteiger partial charge in [-0.25, -0.2) is 4.79 Å². The molecule has 6 rings (SSSR count). The van der Waals surface area contributed by atoms with Crippen LogP contribution in [0, 0.1) is 5.92 Å². The molecule has 0 saturated heterocycles. The van der Waals surface area contributed by atoms with Crippen LogP contribution >= 0.6 is 10.8 Å². The lowest BCUT2D eigenvalue weighted by Crippen LogP contribution is -2.33. The Morgan fingerprint density at radius 1 is 1.08 bits per heavy atom. The summed E-state index contributed by atoms with van der Waals surface area (Å²) in [5.74, 6) is -0.766. The monoisotopic (exact) mass is 546 g/mol. The summed E-state index contributed by atoms with van der Waals surface area (Å²) in [6.07, 6.45) is 0.739. The van der Waals surface area contributed by atoms with Crippen LogP contribution in [-0.2, 0) is 19.0 Å². The summed E-state index contributed by atoms with van der Waals surface area (Å²) in [5.41, 5.74) is 3.50. The lowest BCUT2D eigenvalue weighted by Gasteiger charge is -2.46. The quantitative estimate of drug-likeness (QED) is 0.320. The Labute approximate surface area is 220 Å². The van der Waals surface area contributed by atoms with Gasteiger partial charge < -0.3 is 9.67 Å². The number of halogens is 3. The molecule has 3 aromatic rings. The number of hydrogen-bond acceptors (Lipinski definition) is 4. The lowest BCUT2D eigenvalue weighted by molar-refractivity contribution is -0.137. The third-order valence-corrected chi connectivity index (χ3v) is 10.0. The second-order valence-corrected chi connectivity index (χ2v) is 12.7. The SMILES string of the molecule is CC1Cc2ccc(C(F)(F)F)cc2S(O)(O)N(C2CCc3c2cccc3-n2ccc(C(=O)O)c2C2CC2)C1. The Morgan fingerprint density at radius 3 is 2.53 bits per heavy atom. The van der Waals surface area contributed by atoms with Crippen molar-refractivity contribution in [1.29, 1.82) is 0 Å². The van der Waals surface area contributed by atoms with E-state index >= 15 is 0 Å². The van der Waals surface area contributed by atoms with E-state index in [1.807, 2.05) is 29.7 Å². The highest BCUT2D eigenvalue weighted by molar-refractivity contribution is 8.22. The van der Waals surface area contributed by atoms with Crippen molar-refractivity contribution in [3.63, 3.8) is 0 Å². The molecule has 10 heteroatoms. The zero-order valence-electron chi connectivity index (χ0n) is 20.8. The molecule has 0 bridgehead atoms. The largest absolute Gasteiger partial charge is 0.478 e. The van der Waals surface area contributed by atoms with E-state index in [0.29, 0.717) is 36.9 Å². The summed E-state index contributed by atoms with van der Waals surface area (Å²) >= 11 is 0. The van der Waals surface area contributed by atoms with Crippen molar-refractivity contribution >= 4 is 16.7 Å². The molecule has 38 heavy (non-hydrogen) atoms. The molecule has 1 aromatic heterocycles. The average molecular weight is 547 g/mol. The predicted molar refractivity (Wildman–Crippen MR) is 138 cm³/mol. The van der Waals surface area contributed by atoms with Crippen molar-refractivity contribution in [3.8, 4) is 5.69 Å². The number of benzene rings is 2. The minimum atomic E-state index is -4.59. The Hall–Kier alpha value is -2.79. The fourth-order valence-electron chi connectivity index (χ4n) is 6.18. The number of fused-ring (bicyclic) bond motifs is 2. The highest BCUT2D eigenvalue weighted by Crippen LogP contribution is 2.61. The zero-order chi connectivity index (χ0) is 27.0. The maximum absolute atomic E-state index is 13.5. The molecule has 0 amide bonds. The van der Waals surface area contributed by atoms with Gasteiger partial charge in [0.15, 0.2) is 0 Å². The maximum Gasteiger partial charge on any atom is 0.416 e. The van der Waals surface area contributed by atoms with Crippen molar-refractivity contribution in [2.45, 2.75) is 62.1 Å². The predicted octanol–water partition coefficient (Wildman–Crippen LogP) is 7.28. The van der Waals surface area contributed by atoms with Crippen molar-refractivity contribution < 1.29 is 32.2 Å². The molecule has 2 aliphatic carbocycles. The first kappa shape index (κ1) is 25.5. The fraction of sp³-hybridized carbons (Fsp3) is 0.393. The van der Waals surface area contributed by atoms with Crippen molar-refractivity contribution in [3.05, 3.63) is 82.2 Å². The maximum atomic E-state index is 13.5. The Kier molecular flexibility index (Phi) is 5.95. The zero-order valence-corrected chi connectivity index (χ0v) is 21.6. The van der Waals surface area contributed by atoms with E-state index in [0.717, 1.165) is 47.5 Å². The van der Waals surface area contributed by atoms with Gasteiger partial charge in [0.25, 0.3) is 0 Å². The minimum Gasteiger partial charge on any atom is -0.478 e. The number of rotatable bonds is 4. The molecule has 3 aliphatic rings. The average Bonchev–Trinajstić information content (AvgIpc) is 3.46. The van der Waals surface area contributed by atoms with Crippen LogP contribution in [0.5, 0.6) is 0 Å². The van der Waals surface area contributed by atoms with Gasteiger partial charge in [-0.2, -0.15) is 17.5 Å². The first-order chi connectivity index (χ1) is 18.0. The molecule has 3 N–H and O–H groups in total. The molecule has 202 valence electrons. The van der Waals surface area contributed by atoms with E-state index < -0.39 is 34.5 Å². The number of hydrogen-bond donors (Lipinski definition) is 3. The topological polar surface area (TPSA) is 85.9 Å². The van der Waals surface area contributed by atoms with E-state index in [4.69, 9.17) is 0 Å². The van der Waals surface area contributed by atoms with Crippen LogP contribution in [0.25, 0.3) is 5.69 Å². The van der Waals surface area contributed by atoms with Crippen LogP contribution in [0.1, 0.15) is 76.5 Å². The van der Waals surface area contributed by atoms with Gasteiger partial charge in [0, 0.05) is 30.0 Å². The Bertz CT molecular complexity index is 1430. The molecule has 2 heterocycles. The molecule has 1 aliphatic heterocycles. The van der Waals surface area contributed by atoms with E-state index in [1.54, 1.807) is 16.6 Å². The molecule has 0 spiro atoms.